The first-order valence-electron chi connectivity index (χ1n) is 12.4. The molecule has 0 saturated carbocycles. The highest BCUT2D eigenvalue weighted by atomic mass is 16.7. The Morgan fingerprint density at radius 2 is 1.74 bits per heavy atom. The first-order chi connectivity index (χ1) is 16.6. The van der Waals surface area contributed by atoms with E-state index < -0.39 is 0 Å². The maximum absolute atomic E-state index is 13.0. The number of aryl methyl sites for hydroxylation is 1. The number of hydrogen-bond donors (Lipinski definition) is 0. The van der Waals surface area contributed by atoms with Crippen LogP contribution in [0.2, 0.25) is 0 Å². The van der Waals surface area contributed by atoms with Crippen LogP contribution in [0.5, 0.6) is 17.2 Å². The molecule has 2 aromatic carbocycles. The van der Waals surface area contributed by atoms with E-state index in [1.807, 2.05) is 12.1 Å². The molecule has 0 atom stereocenters. The third-order valence-electron chi connectivity index (χ3n) is 7.39. The summed E-state index contributed by atoms with van der Waals surface area (Å²) in [5.41, 5.74) is 3.64. The quantitative estimate of drug-likeness (QED) is 0.649. The standard InChI is InChI=1S/C27H35N3O4/c1-20-15-23(4-6-24(20)32-2)29-9-7-21(8-10-29)17-27(31)30-13-11-28(12-14-30)18-22-3-5-25-26(16-22)34-19-33-25/h3-6,15-16,21H,7-14,17-19H2,1-2H3. The lowest BCUT2D eigenvalue weighted by Crippen LogP contribution is -2.48. The van der Waals surface area contributed by atoms with Crippen molar-refractivity contribution < 1.29 is 19.0 Å². The summed E-state index contributed by atoms with van der Waals surface area (Å²) >= 11 is 0. The molecule has 2 aromatic rings. The van der Waals surface area contributed by atoms with E-state index in [2.05, 4.69) is 45.9 Å². The Hall–Kier alpha value is -2.93. The Labute approximate surface area is 202 Å². The van der Waals surface area contributed by atoms with Crippen molar-refractivity contribution in [3.63, 3.8) is 0 Å². The number of benzene rings is 2. The number of carbonyl (C=O) groups excluding carboxylic acids is 1. The van der Waals surface area contributed by atoms with Crippen molar-refractivity contribution in [2.24, 2.45) is 5.92 Å². The molecule has 0 radical (unpaired) electrons. The zero-order valence-corrected chi connectivity index (χ0v) is 20.3. The Bertz CT molecular complexity index is 1010. The van der Waals surface area contributed by atoms with Crippen LogP contribution in [0, 0.1) is 12.8 Å². The molecule has 182 valence electrons. The fourth-order valence-corrected chi connectivity index (χ4v) is 5.28. The van der Waals surface area contributed by atoms with Crippen LogP contribution >= 0.6 is 0 Å². The second-order valence-electron chi connectivity index (χ2n) is 9.63. The van der Waals surface area contributed by atoms with Gasteiger partial charge in [-0.25, -0.2) is 0 Å². The summed E-state index contributed by atoms with van der Waals surface area (Å²) in [6.07, 6.45) is 2.82. The Morgan fingerprint density at radius 1 is 0.971 bits per heavy atom. The number of ether oxygens (including phenoxy) is 3. The fraction of sp³-hybridized carbons (Fsp3) is 0.519. The van der Waals surface area contributed by atoms with Gasteiger partial charge in [-0.15, -0.1) is 0 Å². The molecule has 7 nitrogen and oxygen atoms in total. The van der Waals surface area contributed by atoms with Gasteiger partial charge in [0.1, 0.15) is 5.75 Å². The lowest BCUT2D eigenvalue weighted by atomic mass is 9.92. The number of anilines is 1. The predicted octanol–water partition coefficient (Wildman–Crippen LogP) is 3.68. The van der Waals surface area contributed by atoms with Gasteiger partial charge in [-0.1, -0.05) is 6.07 Å². The van der Waals surface area contributed by atoms with Gasteiger partial charge in [0.2, 0.25) is 12.7 Å². The molecule has 0 N–H and O–H groups in total. The van der Waals surface area contributed by atoms with Crippen molar-refractivity contribution in [2.75, 3.05) is 58.1 Å². The first kappa shape index (κ1) is 22.8. The van der Waals surface area contributed by atoms with Gasteiger partial charge in [-0.3, -0.25) is 9.69 Å². The molecule has 3 aliphatic rings. The fourth-order valence-electron chi connectivity index (χ4n) is 5.28. The van der Waals surface area contributed by atoms with E-state index in [4.69, 9.17) is 14.2 Å². The molecule has 0 unspecified atom stereocenters. The van der Waals surface area contributed by atoms with Crippen molar-refractivity contribution in [2.45, 2.75) is 32.7 Å². The summed E-state index contributed by atoms with van der Waals surface area (Å²) in [7, 11) is 1.71. The molecular formula is C27H35N3O4. The minimum absolute atomic E-state index is 0.305. The average molecular weight is 466 g/mol. The molecule has 3 aliphatic heterocycles. The molecule has 0 aromatic heterocycles. The Balaban J connectivity index is 1.05. The maximum Gasteiger partial charge on any atom is 0.231 e. The molecule has 0 spiro atoms. The van der Waals surface area contributed by atoms with Crippen LogP contribution in [-0.2, 0) is 11.3 Å². The largest absolute Gasteiger partial charge is 0.496 e. The lowest BCUT2D eigenvalue weighted by Gasteiger charge is -2.37. The van der Waals surface area contributed by atoms with Gasteiger partial charge >= 0.3 is 0 Å². The van der Waals surface area contributed by atoms with Crippen LogP contribution in [-0.4, -0.2) is 68.9 Å². The summed E-state index contributed by atoms with van der Waals surface area (Å²) in [5, 5.41) is 0. The molecule has 7 heteroatoms. The van der Waals surface area contributed by atoms with Crippen LogP contribution < -0.4 is 19.1 Å². The smallest absolute Gasteiger partial charge is 0.231 e. The number of rotatable bonds is 6. The monoisotopic (exact) mass is 465 g/mol. The van der Waals surface area contributed by atoms with Crippen molar-refractivity contribution in [1.29, 1.82) is 0 Å². The normalized spacial score (nSPS) is 18.9. The number of carbonyl (C=O) groups is 1. The van der Waals surface area contributed by atoms with Gasteiger partial charge in [0, 0.05) is 57.9 Å². The van der Waals surface area contributed by atoms with E-state index in [9.17, 15) is 4.79 Å². The van der Waals surface area contributed by atoms with Crippen LogP contribution in [0.25, 0.3) is 0 Å². The minimum atomic E-state index is 0.305. The maximum atomic E-state index is 13.0. The van der Waals surface area contributed by atoms with E-state index in [1.54, 1.807) is 7.11 Å². The molecule has 5 rings (SSSR count). The zero-order valence-electron chi connectivity index (χ0n) is 20.3. The van der Waals surface area contributed by atoms with Crippen molar-refractivity contribution >= 4 is 11.6 Å². The molecule has 1 amide bonds. The number of methoxy groups -OCH3 is 1. The molecular weight excluding hydrogens is 430 g/mol. The summed E-state index contributed by atoms with van der Waals surface area (Å²) in [6.45, 7) is 8.73. The van der Waals surface area contributed by atoms with Crippen LogP contribution in [0.15, 0.2) is 36.4 Å². The molecule has 0 bridgehead atoms. The highest BCUT2D eigenvalue weighted by Crippen LogP contribution is 2.33. The second-order valence-corrected chi connectivity index (χ2v) is 9.63. The lowest BCUT2D eigenvalue weighted by molar-refractivity contribution is -0.134. The topological polar surface area (TPSA) is 54.5 Å². The number of piperazine rings is 1. The van der Waals surface area contributed by atoms with E-state index in [0.29, 0.717) is 25.0 Å². The van der Waals surface area contributed by atoms with Crippen LogP contribution in [0.1, 0.15) is 30.4 Å². The van der Waals surface area contributed by atoms with Crippen LogP contribution in [0.4, 0.5) is 5.69 Å². The summed E-state index contributed by atoms with van der Waals surface area (Å²) < 4.78 is 16.3. The van der Waals surface area contributed by atoms with E-state index >= 15 is 0 Å². The Morgan fingerprint density at radius 3 is 2.47 bits per heavy atom. The number of amides is 1. The summed E-state index contributed by atoms with van der Waals surface area (Å²) in [6, 6.07) is 12.5. The summed E-state index contributed by atoms with van der Waals surface area (Å²) in [4.78, 5) is 19.9. The number of fused-ring (bicyclic) bond motifs is 1. The van der Waals surface area contributed by atoms with Crippen molar-refractivity contribution in [1.82, 2.24) is 9.80 Å². The van der Waals surface area contributed by atoms with Crippen molar-refractivity contribution in [3.8, 4) is 17.2 Å². The van der Waals surface area contributed by atoms with E-state index in [-0.39, 0.29) is 0 Å². The SMILES string of the molecule is COc1ccc(N2CCC(CC(=O)N3CCN(Cc4ccc5c(c4)OCO5)CC3)CC2)cc1C. The van der Waals surface area contributed by atoms with Crippen LogP contribution in [0.3, 0.4) is 0 Å². The number of hydrogen-bond acceptors (Lipinski definition) is 6. The highest BCUT2D eigenvalue weighted by Gasteiger charge is 2.27. The van der Waals surface area contributed by atoms with Crippen molar-refractivity contribution in [3.05, 3.63) is 47.5 Å². The molecule has 0 aliphatic carbocycles. The average Bonchev–Trinajstić information content (AvgIpc) is 3.33. The number of nitrogens with zero attached hydrogens (tertiary/aromatic N) is 3. The highest BCUT2D eigenvalue weighted by molar-refractivity contribution is 5.76. The number of piperidine rings is 1. The minimum Gasteiger partial charge on any atom is -0.496 e. The predicted molar refractivity (Wildman–Crippen MR) is 132 cm³/mol. The third-order valence-corrected chi connectivity index (χ3v) is 7.39. The Kier molecular flexibility index (Phi) is 6.81. The van der Waals surface area contributed by atoms with Gasteiger partial charge in [0.15, 0.2) is 11.5 Å². The van der Waals surface area contributed by atoms with E-state index in [0.717, 1.165) is 81.5 Å². The molecule has 3 heterocycles. The molecule has 2 fully saturated rings. The summed E-state index contributed by atoms with van der Waals surface area (Å²) in [5.74, 6) is 3.39. The molecule has 34 heavy (non-hydrogen) atoms. The van der Waals surface area contributed by atoms with Gasteiger partial charge in [-0.05, 0) is 67.1 Å². The van der Waals surface area contributed by atoms with Gasteiger partial charge < -0.3 is 24.0 Å². The van der Waals surface area contributed by atoms with Gasteiger partial charge in [-0.2, -0.15) is 0 Å². The van der Waals surface area contributed by atoms with E-state index in [1.165, 1.54) is 11.3 Å². The van der Waals surface area contributed by atoms with Gasteiger partial charge in [0.05, 0.1) is 7.11 Å². The third kappa shape index (κ3) is 5.09. The van der Waals surface area contributed by atoms with Gasteiger partial charge in [0.25, 0.3) is 0 Å². The first-order valence-corrected chi connectivity index (χ1v) is 12.4. The second kappa shape index (κ2) is 10.1. The molecule has 2 saturated heterocycles. The zero-order chi connectivity index (χ0) is 23.5.